The zero-order valence-corrected chi connectivity index (χ0v) is 19.9. The molecule has 0 atom stereocenters. The number of halogens is 1. The molecule has 4 aromatic rings. The van der Waals surface area contributed by atoms with Gasteiger partial charge in [0, 0.05) is 29.3 Å². The smallest absolute Gasteiger partial charge is 0.410 e. The van der Waals surface area contributed by atoms with E-state index >= 15 is 0 Å². The molecule has 2 heterocycles. The Labute approximate surface area is 202 Å². The Balaban J connectivity index is 1.64. The van der Waals surface area contributed by atoms with Crippen molar-refractivity contribution in [3.8, 4) is 22.6 Å². The molecule has 1 amide bonds. The van der Waals surface area contributed by atoms with Gasteiger partial charge < -0.3 is 10.1 Å². The summed E-state index contributed by atoms with van der Waals surface area (Å²) in [5, 5.41) is 15.3. The van der Waals surface area contributed by atoms with Crippen LogP contribution in [0.4, 0.5) is 4.79 Å². The standard InChI is InChI=1S/C24H24ClN7O2/c1-4-5-23-29-30-31-32(23)19-9-17(21-7-6-15(2)8-22(21)25)10-20(11-19)34-24(33)28-14-18-13-26-16(3)12-27-18/h6-13H,4-5,14H2,1-3H3,(H,28,33). The molecular formula is C24H24ClN7O2. The van der Waals surface area contributed by atoms with Gasteiger partial charge in [-0.1, -0.05) is 30.7 Å². The summed E-state index contributed by atoms with van der Waals surface area (Å²) in [6.07, 6.45) is 4.23. The highest BCUT2D eigenvalue weighted by atomic mass is 35.5. The molecule has 0 aliphatic rings. The lowest BCUT2D eigenvalue weighted by Gasteiger charge is -2.13. The van der Waals surface area contributed by atoms with Crippen LogP contribution in [-0.2, 0) is 13.0 Å². The lowest BCUT2D eigenvalue weighted by molar-refractivity contribution is 0.200. The average Bonchev–Trinajstić information content (AvgIpc) is 3.27. The van der Waals surface area contributed by atoms with Crippen LogP contribution in [-0.4, -0.2) is 36.3 Å². The number of hydrogen-bond donors (Lipinski definition) is 1. The summed E-state index contributed by atoms with van der Waals surface area (Å²) in [4.78, 5) is 20.9. The van der Waals surface area contributed by atoms with Gasteiger partial charge in [0.25, 0.3) is 0 Å². The Morgan fingerprint density at radius 2 is 1.97 bits per heavy atom. The first-order chi connectivity index (χ1) is 16.4. The summed E-state index contributed by atoms with van der Waals surface area (Å²) in [6.45, 7) is 6.07. The quantitative estimate of drug-likeness (QED) is 0.413. The zero-order chi connectivity index (χ0) is 24.1. The van der Waals surface area contributed by atoms with Crippen molar-refractivity contribution in [3.05, 3.63) is 76.6 Å². The minimum Gasteiger partial charge on any atom is -0.410 e. The Kier molecular flexibility index (Phi) is 7.12. The molecule has 0 fully saturated rings. The Morgan fingerprint density at radius 3 is 2.71 bits per heavy atom. The molecular weight excluding hydrogens is 454 g/mol. The van der Waals surface area contributed by atoms with Crippen LogP contribution in [0.5, 0.6) is 5.75 Å². The largest absolute Gasteiger partial charge is 0.412 e. The third-order valence-corrected chi connectivity index (χ3v) is 5.35. The maximum absolute atomic E-state index is 12.5. The van der Waals surface area contributed by atoms with Crippen molar-refractivity contribution in [1.82, 2.24) is 35.5 Å². The van der Waals surface area contributed by atoms with E-state index in [9.17, 15) is 4.79 Å². The van der Waals surface area contributed by atoms with Gasteiger partial charge in [0.05, 0.1) is 29.8 Å². The molecule has 0 saturated carbocycles. The molecule has 0 radical (unpaired) electrons. The number of hydrogen-bond acceptors (Lipinski definition) is 7. The van der Waals surface area contributed by atoms with Crippen molar-refractivity contribution in [2.45, 2.75) is 40.2 Å². The van der Waals surface area contributed by atoms with E-state index in [0.29, 0.717) is 34.4 Å². The number of aromatic nitrogens is 6. The molecule has 2 aromatic carbocycles. The first kappa shape index (κ1) is 23.3. The van der Waals surface area contributed by atoms with Crippen LogP contribution < -0.4 is 10.1 Å². The van der Waals surface area contributed by atoms with Crippen molar-refractivity contribution >= 4 is 17.7 Å². The second kappa shape index (κ2) is 10.4. The Morgan fingerprint density at radius 1 is 1.12 bits per heavy atom. The Hall–Kier alpha value is -3.85. The third-order valence-electron chi connectivity index (χ3n) is 5.04. The topological polar surface area (TPSA) is 108 Å². The van der Waals surface area contributed by atoms with Gasteiger partial charge >= 0.3 is 6.09 Å². The van der Waals surface area contributed by atoms with E-state index in [0.717, 1.165) is 28.8 Å². The van der Waals surface area contributed by atoms with Gasteiger partial charge in [0.2, 0.25) is 0 Å². The van der Waals surface area contributed by atoms with Gasteiger partial charge in [0.1, 0.15) is 5.75 Å². The maximum atomic E-state index is 12.5. The molecule has 34 heavy (non-hydrogen) atoms. The fraction of sp³-hybridized carbons (Fsp3) is 0.250. The first-order valence-electron chi connectivity index (χ1n) is 10.9. The summed E-state index contributed by atoms with van der Waals surface area (Å²) >= 11 is 6.53. The van der Waals surface area contributed by atoms with Crippen LogP contribution in [0.25, 0.3) is 16.8 Å². The van der Waals surface area contributed by atoms with Gasteiger partial charge in [-0.2, -0.15) is 4.68 Å². The van der Waals surface area contributed by atoms with Crippen molar-refractivity contribution in [2.24, 2.45) is 0 Å². The molecule has 1 N–H and O–H groups in total. The number of nitrogens with one attached hydrogen (secondary N) is 1. The molecule has 2 aromatic heterocycles. The van der Waals surface area contributed by atoms with E-state index < -0.39 is 6.09 Å². The van der Waals surface area contributed by atoms with Gasteiger partial charge in [-0.3, -0.25) is 9.97 Å². The summed E-state index contributed by atoms with van der Waals surface area (Å²) in [6, 6.07) is 11.2. The van der Waals surface area contributed by atoms with E-state index in [4.69, 9.17) is 16.3 Å². The van der Waals surface area contributed by atoms with Crippen molar-refractivity contribution in [3.63, 3.8) is 0 Å². The summed E-state index contributed by atoms with van der Waals surface area (Å²) in [7, 11) is 0. The van der Waals surface area contributed by atoms with Crippen LogP contribution in [0.15, 0.2) is 48.8 Å². The molecule has 0 spiro atoms. The van der Waals surface area contributed by atoms with E-state index in [-0.39, 0.29) is 6.54 Å². The Bertz CT molecular complexity index is 1310. The maximum Gasteiger partial charge on any atom is 0.412 e. The molecule has 0 aliphatic carbocycles. The van der Waals surface area contributed by atoms with E-state index in [1.807, 2.05) is 38.1 Å². The number of amides is 1. The molecule has 174 valence electrons. The second-order valence-electron chi connectivity index (χ2n) is 7.85. The van der Waals surface area contributed by atoms with Crippen molar-refractivity contribution in [1.29, 1.82) is 0 Å². The van der Waals surface area contributed by atoms with E-state index in [1.54, 1.807) is 29.2 Å². The highest BCUT2D eigenvalue weighted by Crippen LogP contribution is 2.33. The SMILES string of the molecule is CCCc1nnnn1-c1cc(OC(=O)NCc2cnc(C)cn2)cc(-c2ccc(C)cc2Cl)c1. The van der Waals surface area contributed by atoms with Crippen molar-refractivity contribution < 1.29 is 9.53 Å². The number of benzene rings is 2. The van der Waals surface area contributed by atoms with Crippen LogP contribution in [0, 0.1) is 13.8 Å². The molecule has 9 nitrogen and oxygen atoms in total. The van der Waals surface area contributed by atoms with Crippen LogP contribution >= 0.6 is 11.6 Å². The fourth-order valence-electron chi connectivity index (χ4n) is 3.38. The van der Waals surface area contributed by atoms with Crippen molar-refractivity contribution in [2.75, 3.05) is 0 Å². The molecule has 10 heteroatoms. The van der Waals surface area contributed by atoms with Gasteiger partial charge in [-0.15, -0.1) is 5.10 Å². The van der Waals surface area contributed by atoms with Crippen LogP contribution in [0.2, 0.25) is 5.02 Å². The molecule has 0 saturated heterocycles. The number of tetrazole rings is 1. The second-order valence-corrected chi connectivity index (χ2v) is 8.26. The molecule has 4 rings (SSSR count). The fourth-order valence-corrected chi connectivity index (χ4v) is 3.72. The first-order valence-corrected chi connectivity index (χ1v) is 11.2. The number of carbonyl (C=O) groups is 1. The number of rotatable bonds is 7. The summed E-state index contributed by atoms with van der Waals surface area (Å²) in [5.41, 5.74) is 4.71. The van der Waals surface area contributed by atoms with Gasteiger partial charge in [-0.25, -0.2) is 4.79 Å². The number of carbonyl (C=O) groups excluding carboxylic acids is 1. The van der Waals surface area contributed by atoms with E-state index in [1.165, 1.54) is 0 Å². The highest BCUT2D eigenvalue weighted by Gasteiger charge is 2.15. The normalized spacial score (nSPS) is 10.8. The summed E-state index contributed by atoms with van der Waals surface area (Å²) < 4.78 is 7.24. The zero-order valence-electron chi connectivity index (χ0n) is 19.1. The monoisotopic (exact) mass is 477 g/mol. The lowest BCUT2D eigenvalue weighted by Crippen LogP contribution is -2.26. The number of nitrogens with zero attached hydrogens (tertiary/aromatic N) is 6. The molecule has 0 aliphatic heterocycles. The predicted molar refractivity (Wildman–Crippen MR) is 128 cm³/mol. The number of aryl methyl sites for hydroxylation is 3. The average molecular weight is 478 g/mol. The molecule has 0 unspecified atom stereocenters. The van der Waals surface area contributed by atoms with Crippen LogP contribution in [0.1, 0.15) is 36.1 Å². The predicted octanol–water partition coefficient (Wildman–Crippen LogP) is 4.63. The summed E-state index contributed by atoms with van der Waals surface area (Å²) in [5.74, 6) is 1.04. The molecule has 0 bridgehead atoms. The third kappa shape index (κ3) is 5.55. The van der Waals surface area contributed by atoms with Gasteiger partial charge in [0.15, 0.2) is 5.82 Å². The number of ether oxygens (including phenoxy) is 1. The minimum atomic E-state index is -0.619. The van der Waals surface area contributed by atoms with Gasteiger partial charge in [-0.05, 0) is 60.0 Å². The minimum absolute atomic E-state index is 0.191. The van der Waals surface area contributed by atoms with Crippen LogP contribution in [0.3, 0.4) is 0 Å². The lowest BCUT2D eigenvalue weighted by atomic mass is 10.0. The van der Waals surface area contributed by atoms with E-state index in [2.05, 4.69) is 37.7 Å². The highest BCUT2D eigenvalue weighted by molar-refractivity contribution is 6.33.